The van der Waals surface area contributed by atoms with Crippen LogP contribution in [0.25, 0.3) is 0 Å². The number of ether oxygens (including phenoxy) is 2. The number of sulfone groups is 1. The molecule has 0 spiro atoms. The smallest absolute Gasteiger partial charge is 0.433 e. The molecular weight excluding hydrogens is 797 g/mol. The van der Waals surface area contributed by atoms with Gasteiger partial charge in [-0.1, -0.05) is 0 Å². The summed E-state index contributed by atoms with van der Waals surface area (Å²) in [5.74, 6) is -0.281. The van der Waals surface area contributed by atoms with Gasteiger partial charge < -0.3 is 20.9 Å². The third kappa shape index (κ3) is 11.8. The molecule has 0 aliphatic heterocycles. The third-order valence-corrected chi connectivity index (χ3v) is 10.6. The van der Waals surface area contributed by atoms with E-state index in [1.165, 1.54) is 25.3 Å². The Morgan fingerprint density at radius 1 is 0.788 bits per heavy atom. The van der Waals surface area contributed by atoms with Crippen molar-refractivity contribution in [2.45, 2.75) is 32.9 Å². The first kappa shape index (κ1) is 42.0. The van der Waals surface area contributed by atoms with Crippen LogP contribution >= 0.6 is 11.8 Å². The highest BCUT2D eigenvalue weighted by Crippen LogP contribution is 2.44. The highest BCUT2D eigenvalue weighted by molar-refractivity contribution is 8.04. The summed E-state index contributed by atoms with van der Waals surface area (Å²) in [5.41, 5.74) is 9.26. The minimum Gasteiger partial charge on any atom is -0.494 e. The van der Waals surface area contributed by atoms with Gasteiger partial charge in [0.15, 0.2) is 15.9 Å². The molecule has 282 valence electrons. The molecule has 0 aromatic heterocycles. The predicted octanol–water partition coefficient (Wildman–Crippen LogP) is 4.15. The summed E-state index contributed by atoms with van der Waals surface area (Å²) in [6.07, 6.45) is 1.95. The van der Waals surface area contributed by atoms with Gasteiger partial charge in [-0.15, -0.1) is 20.5 Å². The Hall–Kier alpha value is -4.43. The fourth-order valence-corrected chi connectivity index (χ4v) is 7.12. The Morgan fingerprint density at radius 3 is 2.06 bits per heavy atom. The predicted molar refractivity (Wildman–Crippen MR) is 183 cm³/mol. The molecule has 7 N–H and O–H groups in total. The first-order valence-electron chi connectivity index (χ1n) is 13.8. The van der Waals surface area contributed by atoms with E-state index in [2.05, 4.69) is 34.9 Å². The zero-order valence-corrected chi connectivity index (χ0v) is 30.7. The number of rotatable bonds is 16. The monoisotopic (exact) mass is 824 g/mol. The van der Waals surface area contributed by atoms with Crippen LogP contribution in [0.1, 0.15) is 13.3 Å². The van der Waals surface area contributed by atoms with Crippen LogP contribution in [-0.2, 0) is 54.4 Å². The van der Waals surface area contributed by atoms with Crippen LogP contribution in [0.15, 0.2) is 82.5 Å². The average molecular weight is 825 g/mol. The van der Waals surface area contributed by atoms with Crippen LogP contribution in [0.2, 0.25) is 0 Å². The van der Waals surface area contributed by atoms with Crippen molar-refractivity contribution in [1.82, 2.24) is 0 Å². The standard InChI is InChI=1S/C26H28N6O15S5/c1-3-45-9-4-12-49(33,34)17-6-7-18(22(14-17)50(35,36)37)29-31-20-15-23(51(38,39)40)25(28)26(24(20)27)32-30-19-13-16(5-8-21(19)44-2)48-11-10-46-47-52(41,42)43/h5-8,13-15H,3-4,9,12,27-28H2,1-2H3,(H,35,36,37)(H,38,39,40)(H,41,42,43). The van der Waals surface area contributed by atoms with Gasteiger partial charge in [-0.3, -0.25) is 18.5 Å². The summed E-state index contributed by atoms with van der Waals surface area (Å²) in [7, 11) is -17.8. The lowest BCUT2D eigenvalue weighted by Crippen LogP contribution is -2.10. The van der Waals surface area contributed by atoms with Crippen molar-refractivity contribution in [2.75, 3.05) is 37.5 Å². The van der Waals surface area contributed by atoms with Gasteiger partial charge in [0.2, 0.25) is 0 Å². The van der Waals surface area contributed by atoms with Gasteiger partial charge in [0.1, 0.15) is 38.3 Å². The Labute approximate surface area is 301 Å². The van der Waals surface area contributed by atoms with Crippen molar-refractivity contribution in [2.24, 2.45) is 20.5 Å². The molecule has 0 radical (unpaired) electrons. The van der Waals surface area contributed by atoms with Gasteiger partial charge in [-0.05, 0) is 71.9 Å². The number of thioether (sulfide) groups is 1. The molecule has 0 bridgehead atoms. The second kappa shape index (κ2) is 17.4. The molecule has 0 fully saturated rings. The van der Waals surface area contributed by atoms with Crippen molar-refractivity contribution in [1.29, 1.82) is 0 Å². The van der Waals surface area contributed by atoms with E-state index in [0.29, 0.717) is 23.6 Å². The fourth-order valence-electron chi connectivity index (χ4n) is 3.84. The van der Waals surface area contributed by atoms with E-state index >= 15 is 0 Å². The molecule has 26 heteroatoms. The molecule has 0 unspecified atom stereocenters. The van der Waals surface area contributed by atoms with Gasteiger partial charge in [-0.2, -0.15) is 25.3 Å². The Kier molecular flexibility index (Phi) is 14.0. The number of nitrogens with zero attached hydrogens (tertiary/aromatic N) is 4. The Morgan fingerprint density at radius 2 is 1.44 bits per heavy atom. The second-order valence-corrected chi connectivity index (χ2v) is 16.4. The molecule has 21 nitrogen and oxygen atoms in total. The maximum Gasteiger partial charge on any atom is 0.433 e. The molecule has 3 rings (SSSR count). The quantitative estimate of drug-likeness (QED) is 0.0198. The normalized spacial score (nSPS) is 12.6. The number of methoxy groups -OCH3 is 1. The molecule has 0 saturated carbocycles. The SMILES string of the molecule is CCOCCCS(=O)(=O)c1ccc(N=Nc2cc(S(=O)(=O)O)c(N)c(N=Nc3cc(SC#COOS(=O)(=O)O)ccc3OC)c2N)c(S(=O)(=O)O)c1. The van der Waals surface area contributed by atoms with Crippen molar-refractivity contribution >= 4 is 86.4 Å². The van der Waals surface area contributed by atoms with E-state index in [9.17, 15) is 42.8 Å². The number of hydrogen-bond donors (Lipinski definition) is 5. The minimum atomic E-state index is -5.10. The summed E-state index contributed by atoms with van der Waals surface area (Å²) in [5, 5.41) is 17.7. The van der Waals surface area contributed by atoms with E-state index in [-0.39, 0.29) is 24.5 Å². The van der Waals surface area contributed by atoms with Crippen LogP contribution in [0.4, 0.5) is 34.1 Å². The minimum absolute atomic E-state index is 0.0191. The number of azo groups is 2. The van der Waals surface area contributed by atoms with E-state index < -0.39 is 89.3 Å². The molecule has 3 aromatic rings. The second-order valence-electron chi connectivity index (χ2n) is 9.64. The molecule has 3 aromatic carbocycles. The molecule has 52 heavy (non-hydrogen) atoms. The lowest BCUT2D eigenvalue weighted by atomic mass is 10.2. The van der Waals surface area contributed by atoms with Gasteiger partial charge in [0.05, 0.1) is 29.1 Å². The van der Waals surface area contributed by atoms with E-state index in [1.54, 1.807) is 6.92 Å². The average Bonchev–Trinajstić information content (AvgIpc) is 3.04. The first-order chi connectivity index (χ1) is 24.2. The van der Waals surface area contributed by atoms with Crippen LogP contribution in [0.5, 0.6) is 5.75 Å². The van der Waals surface area contributed by atoms with Gasteiger partial charge in [0, 0.05) is 23.4 Å². The van der Waals surface area contributed by atoms with E-state index in [0.717, 1.165) is 23.9 Å². The summed E-state index contributed by atoms with van der Waals surface area (Å²) in [6, 6.07) is 7.56. The summed E-state index contributed by atoms with van der Waals surface area (Å²) in [6.45, 7) is 2.22. The zero-order valence-electron chi connectivity index (χ0n) is 26.6. The van der Waals surface area contributed by atoms with Crippen molar-refractivity contribution in [3.8, 4) is 17.1 Å². The fraction of sp³-hybridized carbons (Fsp3) is 0.231. The number of anilines is 2. The molecule has 0 aliphatic carbocycles. The molecular formula is C26H28N6O15S5. The Bertz CT molecular complexity index is 2390. The van der Waals surface area contributed by atoms with Gasteiger partial charge in [-0.25, -0.2) is 8.42 Å². The van der Waals surface area contributed by atoms with Gasteiger partial charge in [0.25, 0.3) is 20.2 Å². The molecule has 0 amide bonds. The summed E-state index contributed by atoms with van der Waals surface area (Å²) < 4.78 is 138. The molecule has 0 heterocycles. The molecule has 0 aliphatic rings. The lowest BCUT2D eigenvalue weighted by Gasteiger charge is -2.11. The van der Waals surface area contributed by atoms with Gasteiger partial charge >= 0.3 is 10.4 Å². The topological polar surface area (TPSA) is 336 Å². The van der Waals surface area contributed by atoms with Crippen LogP contribution in [-0.4, -0.2) is 73.4 Å². The molecule has 0 atom stereocenters. The zero-order chi connectivity index (χ0) is 38.9. The maximum atomic E-state index is 12.8. The van der Waals surface area contributed by atoms with Crippen molar-refractivity contribution in [3.63, 3.8) is 0 Å². The largest absolute Gasteiger partial charge is 0.494 e. The van der Waals surface area contributed by atoms with E-state index in [4.69, 9.17) is 25.5 Å². The molecule has 0 saturated heterocycles. The highest BCUT2D eigenvalue weighted by Gasteiger charge is 2.24. The maximum absolute atomic E-state index is 12.8. The van der Waals surface area contributed by atoms with Crippen LogP contribution in [0, 0.1) is 11.4 Å². The number of nitrogens with two attached hydrogens (primary N) is 2. The summed E-state index contributed by atoms with van der Waals surface area (Å²) >= 11 is 0.767. The third-order valence-electron chi connectivity index (χ3n) is 6.12. The van der Waals surface area contributed by atoms with Crippen LogP contribution in [0.3, 0.4) is 0 Å². The number of nitrogen functional groups attached to an aromatic ring is 2. The van der Waals surface area contributed by atoms with Crippen molar-refractivity contribution < 1.29 is 66.0 Å². The number of benzene rings is 3. The van der Waals surface area contributed by atoms with Crippen LogP contribution < -0.4 is 16.2 Å². The lowest BCUT2D eigenvalue weighted by molar-refractivity contribution is -0.135. The first-order valence-corrected chi connectivity index (χ1v) is 20.5. The number of hydrogen-bond acceptors (Lipinski definition) is 19. The summed E-state index contributed by atoms with van der Waals surface area (Å²) in [4.78, 5) is 1.99. The highest BCUT2D eigenvalue weighted by atomic mass is 32.3. The Balaban J connectivity index is 2.07. The van der Waals surface area contributed by atoms with Crippen molar-refractivity contribution in [3.05, 3.63) is 42.5 Å². The van der Waals surface area contributed by atoms with E-state index in [1.807, 2.05) is 6.11 Å².